The average molecular weight is 298 g/mol. The summed E-state index contributed by atoms with van der Waals surface area (Å²) in [5.41, 5.74) is 1.24. The van der Waals surface area contributed by atoms with Gasteiger partial charge in [0.15, 0.2) is 0 Å². The Bertz CT molecular complexity index is 472. The normalized spacial score (nSPS) is 13.6. The molecule has 0 amide bonds. The number of benzene rings is 1. The highest BCUT2D eigenvalue weighted by Crippen LogP contribution is 2.17. The van der Waals surface area contributed by atoms with Crippen LogP contribution >= 0.6 is 0 Å². The Kier molecular flexibility index (Phi) is 7.19. The zero-order valence-electron chi connectivity index (χ0n) is 12.6. The second-order valence-electron chi connectivity index (χ2n) is 5.42. The van der Waals surface area contributed by atoms with Gasteiger partial charge < -0.3 is 5.32 Å². The zero-order chi connectivity index (χ0) is 15.0. The summed E-state index contributed by atoms with van der Waals surface area (Å²) in [7, 11) is -3.17. The van der Waals surface area contributed by atoms with Gasteiger partial charge in [0.05, 0.1) is 5.75 Å². The third-order valence-corrected chi connectivity index (χ3v) is 4.58. The first-order valence-corrected chi connectivity index (χ1v) is 8.81. The average Bonchev–Trinajstić information content (AvgIpc) is 2.38. The molecule has 0 saturated carbocycles. The van der Waals surface area contributed by atoms with Gasteiger partial charge in [-0.2, -0.15) is 0 Å². The molecule has 0 aromatic heterocycles. The third-order valence-electron chi connectivity index (χ3n) is 3.19. The van der Waals surface area contributed by atoms with E-state index in [1.54, 1.807) is 0 Å². The molecule has 0 radical (unpaired) electrons. The summed E-state index contributed by atoms with van der Waals surface area (Å²) in [6.07, 6.45) is 0.806. The van der Waals surface area contributed by atoms with E-state index < -0.39 is 10.0 Å². The summed E-state index contributed by atoms with van der Waals surface area (Å²) in [6.45, 7) is 7.09. The van der Waals surface area contributed by atoms with E-state index in [9.17, 15) is 8.42 Å². The van der Waals surface area contributed by atoms with Gasteiger partial charge in [-0.05, 0) is 17.9 Å². The van der Waals surface area contributed by atoms with Crippen LogP contribution in [0.15, 0.2) is 30.3 Å². The van der Waals surface area contributed by atoms with Crippen molar-refractivity contribution >= 4 is 10.0 Å². The Balaban J connectivity index is 2.29. The summed E-state index contributed by atoms with van der Waals surface area (Å²) in [5, 5.41) is 3.11. The Hall–Kier alpha value is -0.910. The molecule has 5 heteroatoms. The summed E-state index contributed by atoms with van der Waals surface area (Å²) in [6, 6.07) is 10.5. The van der Waals surface area contributed by atoms with Crippen LogP contribution in [-0.4, -0.2) is 33.3 Å². The minimum Gasteiger partial charge on any atom is -0.313 e. The predicted octanol–water partition coefficient (Wildman–Crippen LogP) is 2.10. The van der Waals surface area contributed by atoms with Crippen molar-refractivity contribution in [2.45, 2.75) is 39.2 Å². The van der Waals surface area contributed by atoms with Crippen LogP contribution in [0.4, 0.5) is 0 Å². The monoisotopic (exact) mass is 298 g/mol. The summed E-state index contributed by atoms with van der Waals surface area (Å²) >= 11 is 0. The molecule has 0 saturated heterocycles. The molecule has 0 aliphatic rings. The topological polar surface area (TPSA) is 58.2 Å². The lowest BCUT2D eigenvalue weighted by molar-refractivity contribution is 0.560. The van der Waals surface area contributed by atoms with Gasteiger partial charge in [-0.15, -0.1) is 0 Å². The second-order valence-corrected chi connectivity index (χ2v) is 7.35. The predicted molar refractivity (Wildman–Crippen MR) is 84.4 cm³/mol. The molecule has 0 spiro atoms. The second kappa shape index (κ2) is 8.39. The number of nitrogens with one attached hydrogen (secondary N) is 2. The van der Waals surface area contributed by atoms with Crippen LogP contribution in [0.25, 0.3) is 0 Å². The maximum absolute atomic E-state index is 11.8. The van der Waals surface area contributed by atoms with Crippen molar-refractivity contribution in [1.29, 1.82) is 0 Å². The summed E-state index contributed by atoms with van der Waals surface area (Å²) in [5.74, 6) is 0.484. The van der Waals surface area contributed by atoms with Crippen LogP contribution in [0, 0.1) is 0 Å². The molecule has 0 aliphatic carbocycles. The molecule has 0 aliphatic heterocycles. The van der Waals surface area contributed by atoms with Gasteiger partial charge in [-0.1, -0.05) is 51.1 Å². The smallest absolute Gasteiger partial charge is 0.212 e. The van der Waals surface area contributed by atoms with Crippen molar-refractivity contribution < 1.29 is 8.42 Å². The summed E-state index contributed by atoms with van der Waals surface area (Å²) in [4.78, 5) is 0. The van der Waals surface area contributed by atoms with Gasteiger partial charge in [-0.25, -0.2) is 13.1 Å². The van der Waals surface area contributed by atoms with Crippen LogP contribution < -0.4 is 10.0 Å². The van der Waals surface area contributed by atoms with Crippen molar-refractivity contribution in [2.24, 2.45) is 0 Å². The Morgan fingerprint density at radius 1 is 1.05 bits per heavy atom. The van der Waals surface area contributed by atoms with E-state index in [4.69, 9.17) is 0 Å². The minimum absolute atomic E-state index is 0.130. The quantitative estimate of drug-likeness (QED) is 0.734. The van der Waals surface area contributed by atoms with Crippen molar-refractivity contribution in [2.75, 3.05) is 18.8 Å². The van der Waals surface area contributed by atoms with Crippen LogP contribution in [0.2, 0.25) is 0 Å². The van der Waals surface area contributed by atoms with Gasteiger partial charge in [0.1, 0.15) is 0 Å². The minimum atomic E-state index is -3.17. The van der Waals surface area contributed by atoms with Crippen LogP contribution in [0.3, 0.4) is 0 Å². The molecular weight excluding hydrogens is 272 g/mol. The van der Waals surface area contributed by atoms with E-state index in [0.717, 1.165) is 6.42 Å². The SMILES string of the molecule is CC(C)NCCS(=O)(=O)NCCC(C)c1ccccc1. The third kappa shape index (κ3) is 7.03. The van der Waals surface area contributed by atoms with E-state index in [1.807, 2.05) is 32.0 Å². The van der Waals surface area contributed by atoms with E-state index >= 15 is 0 Å². The number of hydrogen-bond acceptors (Lipinski definition) is 3. The largest absolute Gasteiger partial charge is 0.313 e. The highest BCUT2D eigenvalue weighted by molar-refractivity contribution is 7.89. The Labute approximate surface area is 123 Å². The van der Waals surface area contributed by atoms with Gasteiger partial charge in [0, 0.05) is 19.1 Å². The standard InChI is InChI=1S/C15H26N2O2S/c1-13(2)16-11-12-20(18,19)17-10-9-14(3)15-7-5-4-6-8-15/h4-8,13-14,16-17H,9-12H2,1-3H3. The number of hydrogen-bond donors (Lipinski definition) is 2. The molecule has 0 bridgehead atoms. The first-order chi connectivity index (χ1) is 9.41. The molecule has 4 nitrogen and oxygen atoms in total. The summed E-state index contributed by atoms with van der Waals surface area (Å²) < 4.78 is 26.2. The van der Waals surface area contributed by atoms with Crippen molar-refractivity contribution in [1.82, 2.24) is 10.0 Å². The molecule has 1 aromatic carbocycles. The molecule has 114 valence electrons. The highest BCUT2D eigenvalue weighted by atomic mass is 32.2. The first kappa shape index (κ1) is 17.1. The fourth-order valence-electron chi connectivity index (χ4n) is 1.93. The van der Waals surface area contributed by atoms with Gasteiger partial charge in [-0.3, -0.25) is 0 Å². The molecule has 0 fully saturated rings. The lowest BCUT2D eigenvalue weighted by atomic mass is 9.98. The maximum atomic E-state index is 11.8. The van der Waals surface area contributed by atoms with Crippen molar-refractivity contribution in [3.63, 3.8) is 0 Å². The van der Waals surface area contributed by atoms with Gasteiger partial charge in [0.25, 0.3) is 0 Å². The lowest BCUT2D eigenvalue weighted by Gasteiger charge is -2.13. The highest BCUT2D eigenvalue weighted by Gasteiger charge is 2.11. The molecule has 1 rings (SSSR count). The first-order valence-electron chi connectivity index (χ1n) is 7.16. The molecule has 20 heavy (non-hydrogen) atoms. The van der Waals surface area contributed by atoms with Gasteiger partial charge >= 0.3 is 0 Å². The van der Waals surface area contributed by atoms with Crippen molar-refractivity contribution in [3.8, 4) is 0 Å². The van der Waals surface area contributed by atoms with Crippen molar-refractivity contribution in [3.05, 3.63) is 35.9 Å². The lowest BCUT2D eigenvalue weighted by Crippen LogP contribution is -2.35. The molecule has 1 unspecified atom stereocenters. The van der Waals surface area contributed by atoms with E-state index in [0.29, 0.717) is 25.0 Å². The molecule has 2 N–H and O–H groups in total. The van der Waals surface area contributed by atoms with E-state index in [1.165, 1.54) is 5.56 Å². The van der Waals surface area contributed by atoms with E-state index in [-0.39, 0.29) is 5.75 Å². The van der Waals surface area contributed by atoms with Crippen LogP contribution in [0.1, 0.15) is 38.7 Å². The fourth-order valence-corrected chi connectivity index (χ4v) is 2.89. The molecule has 1 atom stereocenters. The fraction of sp³-hybridized carbons (Fsp3) is 0.600. The molecule has 0 heterocycles. The van der Waals surface area contributed by atoms with Crippen LogP contribution in [0.5, 0.6) is 0 Å². The molecule has 1 aromatic rings. The Morgan fingerprint density at radius 2 is 1.70 bits per heavy atom. The molecular formula is C15H26N2O2S. The Morgan fingerprint density at radius 3 is 2.30 bits per heavy atom. The zero-order valence-corrected chi connectivity index (χ0v) is 13.4. The van der Waals surface area contributed by atoms with E-state index in [2.05, 4.69) is 29.1 Å². The van der Waals surface area contributed by atoms with Crippen LogP contribution in [-0.2, 0) is 10.0 Å². The van der Waals surface area contributed by atoms with Gasteiger partial charge in [0.2, 0.25) is 10.0 Å². The number of sulfonamides is 1. The maximum Gasteiger partial charge on any atom is 0.212 e. The number of rotatable bonds is 9.